The molecular weight excluding hydrogens is 418 g/mol. The average molecular weight is 438 g/mol. The van der Waals surface area contributed by atoms with Gasteiger partial charge < -0.3 is 15.3 Å². The molecule has 3 N–H and O–H groups in total. The number of phenols is 3. The zero-order valence-electron chi connectivity index (χ0n) is 16.3. The third-order valence-corrected chi connectivity index (χ3v) is 6.21. The molecule has 0 spiro atoms. The highest BCUT2D eigenvalue weighted by atomic mass is 32.1. The van der Waals surface area contributed by atoms with Gasteiger partial charge in [0.1, 0.15) is 0 Å². The van der Waals surface area contributed by atoms with Crippen molar-refractivity contribution in [2.45, 2.75) is 13.8 Å². The van der Waals surface area contributed by atoms with Gasteiger partial charge in [-0.1, -0.05) is 23.8 Å². The smallest absolute Gasteiger partial charge is 0.211 e. The van der Waals surface area contributed by atoms with Gasteiger partial charge in [0.25, 0.3) is 0 Å². The van der Waals surface area contributed by atoms with Crippen LogP contribution < -0.4 is 4.80 Å². The summed E-state index contributed by atoms with van der Waals surface area (Å²) in [6.45, 7) is 4.06. The van der Waals surface area contributed by atoms with Crippen LogP contribution >= 0.6 is 22.7 Å². The quantitative estimate of drug-likeness (QED) is 0.305. The predicted molar refractivity (Wildman–Crippen MR) is 121 cm³/mol. The van der Waals surface area contributed by atoms with E-state index in [1.807, 2.05) is 48.9 Å². The van der Waals surface area contributed by atoms with Crippen molar-refractivity contribution in [1.29, 1.82) is 0 Å². The van der Waals surface area contributed by atoms with Crippen LogP contribution in [0.5, 0.6) is 17.2 Å². The monoisotopic (exact) mass is 437 g/mol. The average Bonchev–Trinajstić information content (AvgIpc) is 3.38. The molecule has 0 amide bonds. The molecule has 2 aromatic carbocycles. The second-order valence-electron chi connectivity index (χ2n) is 6.71. The van der Waals surface area contributed by atoms with Crippen LogP contribution in [0.4, 0.5) is 5.69 Å². The topological polar surface area (TPSA) is 90.3 Å². The summed E-state index contributed by atoms with van der Waals surface area (Å²) in [7, 11) is 0. The molecule has 0 atom stereocenters. The highest BCUT2D eigenvalue weighted by Gasteiger charge is 2.12. The van der Waals surface area contributed by atoms with Crippen molar-refractivity contribution in [1.82, 2.24) is 4.68 Å². The lowest BCUT2D eigenvalue weighted by molar-refractivity contribution is 0.367. The molecule has 0 fully saturated rings. The van der Waals surface area contributed by atoms with Crippen LogP contribution in [0, 0.1) is 13.8 Å². The van der Waals surface area contributed by atoms with Crippen LogP contribution in [-0.2, 0) is 0 Å². The first-order valence-corrected chi connectivity index (χ1v) is 10.8. The van der Waals surface area contributed by atoms with E-state index in [0.29, 0.717) is 4.80 Å². The summed E-state index contributed by atoms with van der Waals surface area (Å²) >= 11 is 3.06. The van der Waals surface area contributed by atoms with Crippen molar-refractivity contribution in [3.05, 3.63) is 74.7 Å². The third kappa shape index (κ3) is 3.87. The van der Waals surface area contributed by atoms with E-state index in [0.717, 1.165) is 21.8 Å². The van der Waals surface area contributed by atoms with Crippen LogP contribution in [0.3, 0.4) is 0 Å². The molecule has 2 aromatic heterocycles. The SMILES string of the molecule is Cc1ccc(N=c2scc(-c3cccs3)n2N=Cc2ccc(O)c(O)c2O)c(C)c1. The first-order valence-electron chi connectivity index (χ1n) is 9.08. The first kappa shape index (κ1) is 19.9. The van der Waals surface area contributed by atoms with Gasteiger partial charge in [0.05, 0.1) is 22.5 Å². The van der Waals surface area contributed by atoms with Crippen LogP contribution in [0.2, 0.25) is 0 Å². The summed E-state index contributed by atoms with van der Waals surface area (Å²) in [5.41, 5.74) is 4.24. The van der Waals surface area contributed by atoms with E-state index in [9.17, 15) is 15.3 Å². The van der Waals surface area contributed by atoms with Gasteiger partial charge in [0, 0.05) is 10.9 Å². The van der Waals surface area contributed by atoms with Crippen LogP contribution in [0.1, 0.15) is 16.7 Å². The number of hydrogen-bond acceptors (Lipinski definition) is 7. The summed E-state index contributed by atoms with van der Waals surface area (Å²) in [5.74, 6) is -1.40. The number of benzene rings is 2. The standard InChI is InChI=1S/C22H19N3O3S2/c1-13-5-7-16(14(2)10-13)24-22-25(17(12-30-22)19-4-3-9-29-19)23-11-15-6-8-18(26)21(28)20(15)27/h3-12,26-28H,1-2H3. The first-order chi connectivity index (χ1) is 14.4. The normalized spacial score (nSPS) is 12.1. The largest absolute Gasteiger partial charge is 0.504 e. The Morgan fingerprint density at radius 3 is 2.53 bits per heavy atom. The number of phenolic OH excluding ortho intramolecular Hbond substituents is 3. The molecule has 30 heavy (non-hydrogen) atoms. The summed E-state index contributed by atoms with van der Waals surface area (Å²) in [4.78, 5) is 6.50. The number of aromatic nitrogens is 1. The highest BCUT2D eigenvalue weighted by Crippen LogP contribution is 2.36. The molecule has 0 aliphatic heterocycles. The van der Waals surface area contributed by atoms with E-state index >= 15 is 0 Å². The molecule has 152 valence electrons. The Balaban J connectivity index is 1.86. The van der Waals surface area contributed by atoms with Crippen molar-refractivity contribution in [3.63, 3.8) is 0 Å². The molecular formula is C22H19N3O3S2. The minimum Gasteiger partial charge on any atom is -0.504 e. The Hall–Kier alpha value is -3.36. The minimum absolute atomic E-state index is 0.276. The Labute approximate surface area is 181 Å². The highest BCUT2D eigenvalue weighted by molar-refractivity contribution is 7.14. The van der Waals surface area contributed by atoms with Gasteiger partial charge in [-0.2, -0.15) is 5.10 Å². The lowest BCUT2D eigenvalue weighted by Gasteiger charge is -2.05. The molecule has 4 rings (SSSR count). The van der Waals surface area contributed by atoms with E-state index in [4.69, 9.17) is 4.99 Å². The zero-order chi connectivity index (χ0) is 21.3. The Morgan fingerprint density at radius 2 is 1.80 bits per heavy atom. The van der Waals surface area contributed by atoms with Crippen LogP contribution in [0.15, 0.2) is 63.3 Å². The number of rotatable bonds is 4. The number of thiazole rings is 1. The number of hydrogen-bond donors (Lipinski definition) is 3. The van der Waals surface area contributed by atoms with E-state index in [-0.39, 0.29) is 5.56 Å². The van der Waals surface area contributed by atoms with Crippen molar-refractivity contribution in [2.75, 3.05) is 0 Å². The van der Waals surface area contributed by atoms with Crippen LogP contribution in [-0.4, -0.2) is 26.2 Å². The Bertz CT molecular complexity index is 1300. The summed E-state index contributed by atoms with van der Waals surface area (Å²) < 4.78 is 1.71. The Kier molecular flexibility index (Phi) is 5.43. The lowest BCUT2D eigenvalue weighted by Crippen LogP contribution is -2.11. The number of aryl methyl sites for hydroxylation is 2. The summed E-state index contributed by atoms with van der Waals surface area (Å²) in [6.07, 6.45) is 1.43. The van der Waals surface area contributed by atoms with Crippen LogP contribution in [0.25, 0.3) is 10.6 Å². The van der Waals surface area contributed by atoms with E-state index in [1.54, 1.807) is 16.0 Å². The lowest BCUT2D eigenvalue weighted by atomic mass is 10.1. The molecule has 6 nitrogen and oxygen atoms in total. The molecule has 8 heteroatoms. The maximum Gasteiger partial charge on any atom is 0.211 e. The van der Waals surface area contributed by atoms with Gasteiger partial charge in [-0.15, -0.1) is 22.7 Å². The maximum atomic E-state index is 10.1. The number of thiophene rings is 1. The Morgan fingerprint density at radius 1 is 0.967 bits per heavy atom. The van der Waals surface area contributed by atoms with Crippen molar-refractivity contribution < 1.29 is 15.3 Å². The van der Waals surface area contributed by atoms with E-state index in [2.05, 4.69) is 11.2 Å². The molecule has 0 saturated carbocycles. The fourth-order valence-electron chi connectivity index (χ4n) is 2.93. The maximum absolute atomic E-state index is 10.1. The minimum atomic E-state index is -0.576. The van der Waals surface area contributed by atoms with Gasteiger partial charge in [-0.3, -0.25) is 0 Å². The van der Waals surface area contributed by atoms with E-state index < -0.39 is 17.2 Å². The summed E-state index contributed by atoms with van der Waals surface area (Å²) in [6, 6.07) is 12.8. The van der Waals surface area contributed by atoms with Gasteiger partial charge in [0.15, 0.2) is 11.5 Å². The molecule has 0 aliphatic rings. The van der Waals surface area contributed by atoms with Gasteiger partial charge >= 0.3 is 0 Å². The molecule has 0 saturated heterocycles. The van der Waals surface area contributed by atoms with Crippen molar-refractivity contribution in [3.8, 4) is 27.8 Å². The molecule has 0 unspecified atom stereocenters. The molecule has 0 aliphatic carbocycles. The van der Waals surface area contributed by atoms with Gasteiger partial charge in [0.2, 0.25) is 10.6 Å². The fraction of sp³-hybridized carbons (Fsp3) is 0.0909. The predicted octanol–water partition coefficient (Wildman–Crippen LogP) is 5.13. The molecule has 0 radical (unpaired) electrons. The second-order valence-corrected chi connectivity index (χ2v) is 8.49. The zero-order valence-corrected chi connectivity index (χ0v) is 17.9. The van der Waals surface area contributed by atoms with E-state index in [1.165, 1.54) is 35.2 Å². The second kappa shape index (κ2) is 8.17. The summed E-state index contributed by atoms with van der Waals surface area (Å²) in [5, 5.41) is 37.9. The van der Waals surface area contributed by atoms with Gasteiger partial charge in [-0.25, -0.2) is 9.67 Å². The number of nitrogens with zero attached hydrogens (tertiary/aromatic N) is 3. The van der Waals surface area contributed by atoms with Gasteiger partial charge in [-0.05, 0) is 49.1 Å². The van der Waals surface area contributed by atoms with Crippen molar-refractivity contribution >= 4 is 34.6 Å². The molecule has 0 bridgehead atoms. The van der Waals surface area contributed by atoms with Crippen molar-refractivity contribution in [2.24, 2.45) is 10.1 Å². The fourth-order valence-corrected chi connectivity index (χ4v) is 4.57. The third-order valence-electron chi connectivity index (χ3n) is 4.50. The molecule has 4 aromatic rings. The number of aromatic hydroxyl groups is 3. The molecule has 2 heterocycles.